The number of fused-ring (bicyclic) bond motifs is 2. The third kappa shape index (κ3) is 3.01. The fraction of sp³-hybridized carbons (Fsp3) is 0.105. The molecule has 1 N–H and O–H groups in total. The van der Waals surface area contributed by atoms with Gasteiger partial charge in [-0.15, -0.1) is 0 Å². The summed E-state index contributed by atoms with van der Waals surface area (Å²) in [5, 5.41) is 9.27. The van der Waals surface area contributed by atoms with Gasteiger partial charge in [0.25, 0.3) is 5.91 Å². The molecular weight excluding hydrogens is 322 g/mol. The van der Waals surface area contributed by atoms with Crippen molar-refractivity contribution >= 4 is 29.1 Å². The number of esters is 1. The molecule has 0 saturated carbocycles. The van der Waals surface area contributed by atoms with Crippen LogP contribution in [0.25, 0.3) is 5.57 Å². The molecule has 2 aromatic carbocycles. The van der Waals surface area contributed by atoms with Crippen LogP contribution in [-0.2, 0) is 9.59 Å². The maximum absolute atomic E-state index is 12.8. The molecule has 0 saturated heterocycles. The summed E-state index contributed by atoms with van der Waals surface area (Å²) in [5.41, 5.74) is 2.40. The van der Waals surface area contributed by atoms with Crippen molar-refractivity contribution in [3.63, 3.8) is 0 Å². The summed E-state index contributed by atoms with van der Waals surface area (Å²) >= 11 is 0. The minimum atomic E-state index is -1.11. The maximum atomic E-state index is 12.8. The normalized spacial score (nSPS) is 14.6. The number of nitrogens with zero attached hydrogens (tertiary/aromatic N) is 1. The Morgan fingerprint density at radius 1 is 1.08 bits per heavy atom. The van der Waals surface area contributed by atoms with Gasteiger partial charge in [-0.1, -0.05) is 18.2 Å². The predicted molar refractivity (Wildman–Crippen MR) is 91.6 cm³/mol. The van der Waals surface area contributed by atoms with Gasteiger partial charge in [0.15, 0.2) is 0 Å². The van der Waals surface area contributed by atoms with Crippen molar-refractivity contribution in [2.24, 2.45) is 0 Å². The Labute approximate surface area is 143 Å². The van der Waals surface area contributed by atoms with Gasteiger partial charge in [-0.25, -0.2) is 4.79 Å². The highest BCUT2D eigenvalue weighted by Gasteiger charge is 2.28. The third-order valence-electron chi connectivity index (χ3n) is 3.90. The molecule has 1 aliphatic heterocycles. The summed E-state index contributed by atoms with van der Waals surface area (Å²) in [7, 11) is 1.60. The molecule has 0 aliphatic carbocycles. The van der Waals surface area contributed by atoms with E-state index in [4.69, 9.17) is 4.74 Å². The Hall–Kier alpha value is -3.41. The minimum Gasteiger partial charge on any atom is -0.478 e. The van der Waals surface area contributed by atoms with E-state index in [-0.39, 0.29) is 11.7 Å². The maximum Gasteiger partial charge on any atom is 0.328 e. The summed E-state index contributed by atoms with van der Waals surface area (Å²) in [6.07, 6.45) is 1.08. The Morgan fingerprint density at radius 2 is 1.76 bits per heavy atom. The number of aliphatic carboxylic acids is 1. The van der Waals surface area contributed by atoms with Gasteiger partial charge in [-0.05, 0) is 29.3 Å². The molecule has 2 aromatic rings. The molecule has 0 fully saturated rings. The molecule has 126 valence electrons. The van der Waals surface area contributed by atoms with Crippen molar-refractivity contribution in [3.8, 4) is 5.75 Å². The van der Waals surface area contributed by atoms with Crippen molar-refractivity contribution < 1.29 is 24.2 Å². The van der Waals surface area contributed by atoms with Gasteiger partial charge in [-0.3, -0.25) is 9.59 Å². The number of carboxylic acid groups (broad SMARTS) is 1. The Kier molecular flexibility index (Phi) is 4.10. The number of carbonyl (C=O) groups is 3. The van der Waals surface area contributed by atoms with E-state index in [0.29, 0.717) is 28.0 Å². The van der Waals surface area contributed by atoms with E-state index >= 15 is 0 Å². The summed E-state index contributed by atoms with van der Waals surface area (Å²) in [4.78, 5) is 36.8. The number of anilines is 1. The van der Waals surface area contributed by atoms with Gasteiger partial charge < -0.3 is 14.7 Å². The monoisotopic (exact) mass is 337 g/mol. The Bertz CT molecular complexity index is 929. The first-order valence-corrected chi connectivity index (χ1v) is 7.53. The zero-order valence-corrected chi connectivity index (χ0v) is 13.6. The van der Waals surface area contributed by atoms with Crippen LogP contribution in [0.4, 0.5) is 5.69 Å². The molecule has 1 amide bonds. The summed E-state index contributed by atoms with van der Waals surface area (Å²) in [5.74, 6) is -1.58. The van der Waals surface area contributed by atoms with Gasteiger partial charge in [0.05, 0.1) is 5.69 Å². The van der Waals surface area contributed by atoms with Crippen molar-refractivity contribution in [2.75, 3.05) is 11.9 Å². The standard InChI is InChI=1S/C19H15NO5/c1-11(21)25-12-7-8-14-16(10-18(22)23)13-5-3-4-6-15(13)19(24)20(2)17(14)9-12/h3-10H,1-2H3,(H,22,23)/b16-10+. The number of benzene rings is 2. The Morgan fingerprint density at radius 3 is 2.40 bits per heavy atom. The molecule has 25 heavy (non-hydrogen) atoms. The second-order valence-corrected chi connectivity index (χ2v) is 5.58. The number of ether oxygens (including phenoxy) is 1. The molecule has 0 unspecified atom stereocenters. The summed E-state index contributed by atoms with van der Waals surface area (Å²) in [6, 6.07) is 11.6. The zero-order valence-electron chi connectivity index (χ0n) is 13.6. The van der Waals surface area contributed by atoms with Crippen LogP contribution in [0, 0.1) is 0 Å². The third-order valence-corrected chi connectivity index (χ3v) is 3.90. The van der Waals surface area contributed by atoms with Crippen molar-refractivity contribution in [2.45, 2.75) is 6.92 Å². The van der Waals surface area contributed by atoms with Crippen LogP contribution in [0.15, 0.2) is 48.5 Å². The Balaban J connectivity index is 2.30. The summed E-state index contributed by atoms with van der Waals surface area (Å²) < 4.78 is 5.09. The number of carboxylic acids is 1. The molecule has 0 aromatic heterocycles. The number of amides is 1. The van der Waals surface area contributed by atoms with Gasteiger partial charge in [0.2, 0.25) is 0 Å². The lowest BCUT2D eigenvalue weighted by Crippen LogP contribution is -2.26. The lowest BCUT2D eigenvalue weighted by atomic mass is 9.94. The van der Waals surface area contributed by atoms with Crippen LogP contribution in [-0.4, -0.2) is 30.0 Å². The molecular formula is C19H15NO5. The van der Waals surface area contributed by atoms with E-state index < -0.39 is 11.9 Å². The number of rotatable bonds is 2. The van der Waals surface area contributed by atoms with E-state index in [2.05, 4.69) is 0 Å². The van der Waals surface area contributed by atoms with Crippen LogP contribution >= 0.6 is 0 Å². The molecule has 3 rings (SSSR count). The first kappa shape index (κ1) is 16.4. The molecule has 0 spiro atoms. The highest BCUT2D eigenvalue weighted by molar-refractivity contribution is 6.15. The molecule has 6 nitrogen and oxygen atoms in total. The zero-order chi connectivity index (χ0) is 18.1. The van der Waals surface area contributed by atoms with Crippen molar-refractivity contribution in [1.82, 2.24) is 0 Å². The molecule has 0 bridgehead atoms. The second-order valence-electron chi connectivity index (χ2n) is 5.58. The van der Waals surface area contributed by atoms with Crippen LogP contribution in [0.5, 0.6) is 5.75 Å². The highest BCUT2D eigenvalue weighted by Crippen LogP contribution is 2.39. The fourth-order valence-corrected chi connectivity index (χ4v) is 2.86. The number of hydrogen-bond donors (Lipinski definition) is 1. The second kappa shape index (κ2) is 6.24. The number of carbonyl (C=O) groups excluding carboxylic acids is 2. The predicted octanol–water partition coefficient (Wildman–Crippen LogP) is 2.72. The summed E-state index contributed by atoms with van der Waals surface area (Å²) in [6.45, 7) is 1.28. The lowest BCUT2D eigenvalue weighted by molar-refractivity contribution is -0.132. The molecule has 1 aliphatic rings. The smallest absolute Gasteiger partial charge is 0.328 e. The van der Waals surface area contributed by atoms with Crippen molar-refractivity contribution in [3.05, 3.63) is 65.2 Å². The first-order valence-electron chi connectivity index (χ1n) is 7.53. The van der Waals surface area contributed by atoms with Crippen LogP contribution in [0.2, 0.25) is 0 Å². The first-order chi connectivity index (χ1) is 11.9. The van der Waals surface area contributed by atoms with E-state index in [1.54, 1.807) is 49.5 Å². The average molecular weight is 337 g/mol. The van der Waals surface area contributed by atoms with Gasteiger partial charge in [-0.2, -0.15) is 0 Å². The molecule has 0 radical (unpaired) electrons. The lowest BCUT2D eigenvalue weighted by Gasteiger charge is -2.18. The van der Waals surface area contributed by atoms with Crippen molar-refractivity contribution in [1.29, 1.82) is 0 Å². The largest absolute Gasteiger partial charge is 0.478 e. The average Bonchev–Trinajstić information content (AvgIpc) is 2.65. The number of hydrogen-bond acceptors (Lipinski definition) is 4. The van der Waals surface area contributed by atoms with E-state index in [9.17, 15) is 19.5 Å². The minimum absolute atomic E-state index is 0.273. The van der Waals surface area contributed by atoms with E-state index in [0.717, 1.165) is 6.08 Å². The van der Waals surface area contributed by atoms with Gasteiger partial charge >= 0.3 is 11.9 Å². The quantitative estimate of drug-likeness (QED) is 0.517. The fourth-order valence-electron chi connectivity index (χ4n) is 2.86. The van der Waals surface area contributed by atoms with E-state index in [1.165, 1.54) is 11.8 Å². The van der Waals surface area contributed by atoms with Crippen LogP contribution in [0.3, 0.4) is 0 Å². The topological polar surface area (TPSA) is 83.9 Å². The SMILES string of the molecule is CC(=O)Oc1ccc2c(c1)N(C)C(=O)c1ccccc1/C2=C\C(=O)O. The van der Waals surface area contributed by atoms with Gasteiger partial charge in [0.1, 0.15) is 5.75 Å². The van der Waals surface area contributed by atoms with Gasteiger partial charge in [0, 0.05) is 37.2 Å². The molecule has 1 heterocycles. The van der Waals surface area contributed by atoms with Crippen LogP contribution < -0.4 is 9.64 Å². The van der Waals surface area contributed by atoms with E-state index in [1.807, 2.05) is 0 Å². The highest BCUT2D eigenvalue weighted by atomic mass is 16.5. The van der Waals surface area contributed by atoms with Crippen LogP contribution in [0.1, 0.15) is 28.4 Å². The molecule has 6 heteroatoms. The molecule has 0 atom stereocenters.